The first-order valence-corrected chi connectivity index (χ1v) is 6.59. The van der Waals surface area contributed by atoms with Gasteiger partial charge in [-0.1, -0.05) is 35.4 Å². The minimum atomic E-state index is -1.22. The van der Waals surface area contributed by atoms with Crippen LogP contribution in [-0.4, -0.2) is 23.7 Å². The van der Waals surface area contributed by atoms with Gasteiger partial charge in [-0.15, -0.1) is 0 Å². The summed E-state index contributed by atoms with van der Waals surface area (Å²) in [6, 6.07) is 2.07. The fourth-order valence-electron chi connectivity index (χ4n) is 1.46. The zero-order valence-corrected chi connectivity index (χ0v) is 12.3. The molecule has 0 radical (unpaired) electrons. The number of carboxylic acid groups (broad SMARTS) is 1. The quantitative estimate of drug-likeness (QED) is 0.571. The third-order valence-electron chi connectivity index (χ3n) is 2.36. The standard InChI is InChI=1S/C13H14Cl2N2O3/c1-2-3-4-5-16-13(20)17-11-9(12(18)19)6-8(14)7-10(11)15/h2-3,6-7H,4-5H2,1H3,(H,18,19)(H2,16,17,20)/b3-2+. The van der Waals surface area contributed by atoms with Crippen molar-refractivity contribution in [3.05, 3.63) is 39.9 Å². The molecule has 0 aliphatic carbocycles. The number of amides is 2. The van der Waals surface area contributed by atoms with Crippen LogP contribution in [0.25, 0.3) is 0 Å². The Morgan fingerprint density at radius 2 is 2.05 bits per heavy atom. The molecule has 0 heterocycles. The van der Waals surface area contributed by atoms with Gasteiger partial charge in [-0.2, -0.15) is 0 Å². The van der Waals surface area contributed by atoms with E-state index in [-0.39, 0.29) is 21.3 Å². The van der Waals surface area contributed by atoms with Crippen LogP contribution in [0.5, 0.6) is 0 Å². The van der Waals surface area contributed by atoms with Gasteiger partial charge in [-0.25, -0.2) is 9.59 Å². The Morgan fingerprint density at radius 3 is 2.65 bits per heavy atom. The third kappa shape index (κ3) is 4.75. The highest BCUT2D eigenvalue weighted by atomic mass is 35.5. The molecule has 0 saturated carbocycles. The minimum absolute atomic E-state index is 0.0205. The van der Waals surface area contributed by atoms with Gasteiger partial charge < -0.3 is 15.7 Å². The monoisotopic (exact) mass is 316 g/mol. The highest BCUT2D eigenvalue weighted by Gasteiger charge is 2.17. The molecule has 20 heavy (non-hydrogen) atoms. The molecule has 1 aromatic rings. The average Bonchev–Trinajstić information content (AvgIpc) is 2.37. The van der Waals surface area contributed by atoms with Crippen molar-refractivity contribution in [2.75, 3.05) is 11.9 Å². The van der Waals surface area contributed by atoms with Gasteiger partial charge in [-0.3, -0.25) is 0 Å². The van der Waals surface area contributed by atoms with Crippen LogP contribution in [-0.2, 0) is 0 Å². The Kier molecular flexibility index (Phi) is 6.35. The van der Waals surface area contributed by atoms with Crippen LogP contribution in [0.2, 0.25) is 10.0 Å². The first kappa shape index (κ1) is 16.3. The van der Waals surface area contributed by atoms with Crippen LogP contribution >= 0.6 is 23.2 Å². The topological polar surface area (TPSA) is 78.4 Å². The van der Waals surface area contributed by atoms with Crippen molar-refractivity contribution in [2.24, 2.45) is 0 Å². The van der Waals surface area contributed by atoms with E-state index >= 15 is 0 Å². The molecule has 1 rings (SSSR count). The number of rotatable bonds is 5. The second-order valence-corrected chi connectivity index (χ2v) is 4.70. The van der Waals surface area contributed by atoms with E-state index in [1.54, 1.807) is 0 Å². The number of carbonyl (C=O) groups is 2. The summed E-state index contributed by atoms with van der Waals surface area (Å²) in [4.78, 5) is 22.8. The molecule has 0 aromatic heterocycles. The zero-order valence-electron chi connectivity index (χ0n) is 10.7. The molecule has 0 aliphatic heterocycles. The largest absolute Gasteiger partial charge is 0.478 e. The summed E-state index contributed by atoms with van der Waals surface area (Å²) in [5.41, 5.74) is -0.141. The van der Waals surface area contributed by atoms with Crippen LogP contribution in [0.4, 0.5) is 10.5 Å². The Hall–Kier alpha value is -1.72. The zero-order chi connectivity index (χ0) is 15.1. The normalized spacial score (nSPS) is 10.6. The number of benzene rings is 1. The first-order chi connectivity index (χ1) is 9.45. The van der Waals surface area contributed by atoms with Crippen molar-refractivity contribution >= 4 is 40.9 Å². The van der Waals surface area contributed by atoms with E-state index in [0.29, 0.717) is 13.0 Å². The second-order valence-electron chi connectivity index (χ2n) is 3.85. The number of nitrogens with one attached hydrogen (secondary N) is 2. The van der Waals surface area contributed by atoms with Gasteiger partial charge in [0.15, 0.2) is 0 Å². The summed E-state index contributed by atoms with van der Waals surface area (Å²) in [6.07, 6.45) is 4.46. The summed E-state index contributed by atoms with van der Waals surface area (Å²) in [6.45, 7) is 2.32. The summed E-state index contributed by atoms with van der Waals surface area (Å²) >= 11 is 11.6. The molecular formula is C13H14Cl2N2O3. The Morgan fingerprint density at radius 1 is 1.35 bits per heavy atom. The van der Waals surface area contributed by atoms with Crippen molar-refractivity contribution in [1.29, 1.82) is 0 Å². The fourth-order valence-corrected chi connectivity index (χ4v) is 2.00. The number of carbonyl (C=O) groups excluding carboxylic acids is 1. The third-order valence-corrected chi connectivity index (χ3v) is 2.87. The number of allylic oxidation sites excluding steroid dienone is 1. The van der Waals surface area contributed by atoms with E-state index in [2.05, 4.69) is 10.6 Å². The molecule has 1 aromatic carbocycles. The minimum Gasteiger partial charge on any atom is -0.478 e. The molecule has 0 aliphatic rings. The number of carboxylic acids is 1. The first-order valence-electron chi connectivity index (χ1n) is 5.84. The van der Waals surface area contributed by atoms with Crippen LogP contribution in [0.15, 0.2) is 24.3 Å². The van der Waals surface area contributed by atoms with E-state index < -0.39 is 12.0 Å². The molecule has 0 atom stereocenters. The molecule has 5 nitrogen and oxygen atoms in total. The van der Waals surface area contributed by atoms with Gasteiger partial charge in [0.2, 0.25) is 0 Å². The summed E-state index contributed by atoms with van der Waals surface area (Å²) in [5, 5.41) is 14.3. The summed E-state index contributed by atoms with van der Waals surface area (Å²) in [7, 11) is 0. The molecule has 0 fully saturated rings. The molecule has 2 amide bonds. The Balaban J connectivity index is 2.81. The molecule has 0 spiro atoms. The number of urea groups is 1. The van der Waals surface area contributed by atoms with Gasteiger partial charge in [0.1, 0.15) is 0 Å². The lowest BCUT2D eigenvalue weighted by Gasteiger charge is -2.11. The van der Waals surface area contributed by atoms with E-state index in [1.165, 1.54) is 12.1 Å². The van der Waals surface area contributed by atoms with E-state index in [4.69, 9.17) is 28.3 Å². The molecule has 0 bridgehead atoms. The second kappa shape index (κ2) is 7.77. The predicted molar refractivity (Wildman–Crippen MR) is 79.9 cm³/mol. The maximum Gasteiger partial charge on any atom is 0.337 e. The molecule has 7 heteroatoms. The SMILES string of the molecule is C/C=C/CCNC(=O)Nc1c(Cl)cc(Cl)cc1C(=O)O. The molecule has 108 valence electrons. The van der Waals surface area contributed by atoms with E-state index in [1.807, 2.05) is 19.1 Å². The Labute approximate surface area is 126 Å². The van der Waals surface area contributed by atoms with Crippen molar-refractivity contribution in [1.82, 2.24) is 5.32 Å². The predicted octanol–water partition coefficient (Wildman–Crippen LogP) is 3.78. The Bertz CT molecular complexity index is 545. The van der Waals surface area contributed by atoms with Gasteiger partial charge in [0.05, 0.1) is 16.3 Å². The van der Waals surface area contributed by atoms with Crippen LogP contribution < -0.4 is 10.6 Å². The number of hydrogen-bond acceptors (Lipinski definition) is 2. The van der Waals surface area contributed by atoms with Crippen molar-refractivity contribution < 1.29 is 14.7 Å². The lowest BCUT2D eigenvalue weighted by molar-refractivity contribution is 0.0698. The van der Waals surface area contributed by atoms with Crippen molar-refractivity contribution in [3.63, 3.8) is 0 Å². The summed E-state index contributed by atoms with van der Waals surface area (Å²) in [5.74, 6) is -1.22. The highest BCUT2D eigenvalue weighted by Crippen LogP contribution is 2.30. The van der Waals surface area contributed by atoms with Gasteiger partial charge >= 0.3 is 12.0 Å². The lowest BCUT2D eigenvalue weighted by atomic mass is 10.2. The molecular weight excluding hydrogens is 303 g/mol. The fraction of sp³-hybridized carbons (Fsp3) is 0.231. The smallest absolute Gasteiger partial charge is 0.337 e. The van der Waals surface area contributed by atoms with Gasteiger partial charge in [0, 0.05) is 11.6 Å². The number of anilines is 1. The summed E-state index contributed by atoms with van der Waals surface area (Å²) < 4.78 is 0. The van der Waals surface area contributed by atoms with Gasteiger partial charge in [-0.05, 0) is 25.5 Å². The van der Waals surface area contributed by atoms with Crippen molar-refractivity contribution in [3.8, 4) is 0 Å². The lowest BCUT2D eigenvalue weighted by Crippen LogP contribution is -2.30. The van der Waals surface area contributed by atoms with Crippen LogP contribution in [0, 0.1) is 0 Å². The molecule has 0 unspecified atom stereocenters. The highest BCUT2D eigenvalue weighted by molar-refractivity contribution is 6.37. The van der Waals surface area contributed by atoms with Crippen molar-refractivity contribution in [2.45, 2.75) is 13.3 Å². The molecule has 0 saturated heterocycles. The van der Waals surface area contributed by atoms with Crippen LogP contribution in [0.1, 0.15) is 23.7 Å². The maximum atomic E-state index is 11.7. The molecule has 3 N–H and O–H groups in total. The van der Waals surface area contributed by atoms with E-state index in [9.17, 15) is 9.59 Å². The van der Waals surface area contributed by atoms with E-state index in [0.717, 1.165) is 0 Å². The maximum absolute atomic E-state index is 11.7. The van der Waals surface area contributed by atoms with Gasteiger partial charge in [0.25, 0.3) is 0 Å². The number of halogens is 2. The number of aromatic carboxylic acids is 1. The average molecular weight is 317 g/mol. The van der Waals surface area contributed by atoms with Crippen LogP contribution in [0.3, 0.4) is 0 Å². The number of hydrogen-bond donors (Lipinski definition) is 3.